The van der Waals surface area contributed by atoms with E-state index >= 15 is 0 Å². The highest BCUT2D eigenvalue weighted by Crippen LogP contribution is 2.25. The van der Waals surface area contributed by atoms with Crippen LogP contribution in [0.15, 0.2) is 42.0 Å². The van der Waals surface area contributed by atoms with Crippen LogP contribution in [-0.2, 0) is 25.0 Å². The normalized spacial score (nSPS) is 16.5. The molecule has 1 atom stereocenters. The number of carbonyl (C=O) groups is 2. The molecular formula is C19H25NO4. The molecule has 0 bridgehead atoms. The van der Waals surface area contributed by atoms with Gasteiger partial charge < -0.3 is 0 Å². The first-order valence-electron chi connectivity index (χ1n) is 8.21. The van der Waals surface area contributed by atoms with Crippen molar-refractivity contribution in [3.05, 3.63) is 47.5 Å². The van der Waals surface area contributed by atoms with Crippen molar-refractivity contribution in [2.24, 2.45) is 5.92 Å². The molecule has 1 aliphatic rings. The van der Waals surface area contributed by atoms with Gasteiger partial charge in [0.15, 0.2) is 0 Å². The van der Waals surface area contributed by atoms with E-state index in [1.165, 1.54) is 11.0 Å². The van der Waals surface area contributed by atoms with Crippen LogP contribution >= 0.6 is 0 Å². The van der Waals surface area contributed by atoms with Gasteiger partial charge in [-0.05, 0) is 38.7 Å². The summed E-state index contributed by atoms with van der Waals surface area (Å²) in [5.74, 6) is -0.264. The number of amides is 2. The number of hydrogen-bond donors (Lipinski definition) is 0. The summed E-state index contributed by atoms with van der Waals surface area (Å²) >= 11 is 0. The van der Waals surface area contributed by atoms with Gasteiger partial charge in [-0.1, -0.05) is 37.3 Å². The highest BCUT2D eigenvalue weighted by atomic mass is 17.2. The Labute approximate surface area is 143 Å². The fourth-order valence-corrected chi connectivity index (χ4v) is 2.47. The van der Waals surface area contributed by atoms with Crippen molar-refractivity contribution >= 4 is 11.8 Å². The van der Waals surface area contributed by atoms with Crippen LogP contribution in [0.1, 0.15) is 39.7 Å². The Morgan fingerprint density at radius 3 is 2.42 bits per heavy atom. The maximum atomic E-state index is 11.8. The Hall–Kier alpha value is -1.98. The Bertz CT molecular complexity index is 622. The molecule has 0 spiro atoms. The van der Waals surface area contributed by atoms with E-state index in [-0.39, 0.29) is 17.7 Å². The average Bonchev–Trinajstić information content (AvgIpc) is 2.79. The Balaban J connectivity index is 1.73. The van der Waals surface area contributed by atoms with Crippen LogP contribution in [0.25, 0.3) is 0 Å². The quantitative estimate of drug-likeness (QED) is 0.417. The van der Waals surface area contributed by atoms with Gasteiger partial charge in [-0.2, -0.15) is 0 Å². The minimum atomic E-state index is -0.539. The molecule has 0 aliphatic carbocycles. The predicted molar refractivity (Wildman–Crippen MR) is 90.8 cm³/mol. The average molecular weight is 331 g/mol. The minimum Gasteiger partial charge on any atom is -0.275 e. The van der Waals surface area contributed by atoms with Gasteiger partial charge in [0.05, 0.1) is 6.61 Å². The number of nitrogens with zero attached hydrogens (tertiary/aromatic N) is 1. The molecule has 0 saturated carbocycles. The molecule has 1 unspecified atom stereocenters. The summed E-state index contributed by atoms with van der Waals surface area (Å²) < 4.78 is 0. The van der Waals surface area contributed by atoms with E-state index in [1.807, 2.05) is 51.1 Å². The molecule has 0 N–H and O–H groups in total. The molecule has 2 rings (SSSR count). The third kappa shape index (κ3) is 4.52. The maximum absolute atomic E-state index is 11.8. The van der Waals surface area contributed by atoms with Gasteiger partial charge in [0.1, 0.15) is 5.60 Å². The van der Waals surface area contributed by atoms with E-state index in [0.29, 0.717) is 25.1 Å². The molecule has 2 amide bonds. The van der Waals surface area contributed by atoms with E-state index in [9.17, 15) is 9.59 Å². The van der Waals surface area contributed by atoms with Crippen molar-refractivity contribution in [2.75, 3.05) is 13.2 Å². The molecule has 0 fully saturated rings. The molecule has 0 radical (unpaired) electrons. The number of hydrogen-bond acceptors (Lipinski definition) is 4. The summed E-state index contributed by atoms with van der Waals surface area (Å²) in [7, 11) is 0. The van der Waals surface area contributed by atoms with Gasteiger partial charge in [-0.25, -0.2) is 9.78 Å². The lowest BCUT2D eigenvalue weighted by Gasteiger charge is -2.25. The van der Waals surface area contributed by atoms with Crippen LogP contribution in [0.2, 0.25) is 0 Å². The molecular weight excluding hydrogens is 306 g/mol. The van der Waals surface area contributed by atoms with Gasteiger partial charge in [0.2, 0.25) is 0 Å². The zero-order valence-electron chi connectivity index (χ0n) is 14.7. The van der Waals surface area contributed by atoms with E-state index in [2.05, 4.69) is 0 Å². The second-order valence-electron chi connectivity index (χ2n) is 6.76. The van der Waals surface area contributed by atoms with Crippen LogP contribution in [0.3, 0.4) is 0 Å². The lowest BCUT2D eigenvalue weighted by molar-refractivity contribution is -0.362. The number of carbonyl (C=O) groups excluding carboxylic acids is 2. The van der Waals surface area contributed by atoms with Crippen LogP contribution in [0, 0.1) is 5.92 Å². The van der Waals surface area contributed by atoms with Gasteiger partial charge in [0.25, 0.3) is 11.8 Å². The zero-order valence-corrected chi connectivity index (χ0v) is 14.7. The van der Waals surface area contributed by atoms with Crippen LogP contribution in [0.4, 0.5) is 0 Å². The number of imide groups is 1. The van der Waals surface area contributed by atoms with Crippen molar-refractivity contribution in [1.29, 1.82) is 0 Å². The van der Waals surface area contributed by atoms with Crippen molar-refractivity contribution in [3.63, 3.8) is 0 Å². The summed E-state index contributed by atoms with van der Waals surface area (Å²) in [5, 5.41) is 0. The van der Waals surface area contributed by atoms with E-state index in [0.717, 1.165) is 5.56 Å². The van der Waals surface area contributed by atoms with E-state index < -0.39 is 5.60 Å². The van der Waals surface area contributed by atoms with Gasteiger partial charge in [-0.3, -0.25) is 14.5 Å². The third-order valence-electron chi connectivity index (χ3n) is 4.12. The standard InChI is InChI=1S/C19H25NO4/c1-14(10-11-20-17(21)12-15(2)18(20)22)13-23-24-19(3,4)16-8-6-5-7-9-16/h5-9,12,14H,10-11,13H2,1-4H3. The van der Waals surface area contributed by atoms with Gasteiger partial charge >= 0.3 is 0 Å². The van der Waals surface area contributed by atoms with E-state index in [4.69, 9.17) is 9.78 Å². The predicted octanol–water partition coefficient (Wildman–Crippen LogP) is 3.21. The maximum Gasteiger partial charge on any atom is 0.256 e. The lowest BCUT2D eigenvalue weighted by atomic mass is 9.99. The minimum absolute atomic E-state index is 0.165. The van der Waals surface area contributed by atoms with Crippen LogP contribution in [-0.4, -0.2) is 29.9 Å². The monoisotopic (exact) mass is 331 g/mol. The third-order valence-corrected chi connectivity index (χ3v) is 4.12. The molecule has 24 heavy (non-hydrogen) atoms. The fourth-order valence-electron chi connectivity index (χ4n) is 2.47. The largest absolute Gasteiger partial charge is 0.275 e. The number of rotatable bonds is 8. The summed E-state index contributed by atoms with van der Waals surface area (Å²) in [6.45, 7) is 8.36. The van der Waals surface area contributed by atoms with E-state index in [1.54, 1.807) is 6.92 Å². The first-order chi connectivity index (χ1) is 11.3. The summed E-state index contributed by atoms with van der Waals surface area (Å²) in [6, 6.07) is 9.87. The Morgan fingerprint density at radius 2 is 1.83 bits per heavy atom. The first-order valence-corrected chi connectivity index (χ1v) is 8.21. The SMILES string of the molecule is CC1=CC(=O)N(CCC(C)COOC(C)(C)c2ccccc2)C1=O. The molecule has 1 heterocycles. The van der Waals surface area contributed by atoms with Gasteiger partial charge in [0, 0.05) is 18.2 Å². The highest BCUT2D eigenvalue weighted by molar-refractivity contribution is 6.15. The van der Waals surface area contributed by atoms with Crippen LogP contribution in [0.5, 0.6) is 0 Å². The molecule has 1 aromatic carbocycles. The zero-order chi connectivity index (χ0) is 17.7. The molecule has 1 aromatic rings. The summed E-state index contributed by atoms with van der Waals surface area (Å²) in [6.07, 6.45) is 2.06. The molecule has 5 heteroatoms. The lowest BCUT2D eigenvalue weighted by Crippen LogP contribution is -2.33. The Morgan fingerprint density at radius 1 is 1.17 bits per heavy atom. The first kappa shape index (κ1) is 18.4. The molecule has 0 aromatic heterocycles. The van der Waals surface area contributed by atoms with Crippen molar-refractivity contribution < 1.29 is 19.4 Å². The van der Waals surface area contributed by atoms with Crippen molar-refractivity contribution in [3.8, 4) is 0 Å². The fraction of sp³-hybridized carbons (Fsp3) is 0.474. The molecule has 1 aliphatic heterocycles. The highest BCUT2D eigenvalue weighted by Gasteiger charge is 2.28. The van der Waals surface area contributed by atoms with Crippen molar-refractivity contribution in [1.82, 2.24) is 4.90 Å². The molecule has 5 nitrogen and oxygen atoms in total. The summed E-state index contributed by atoms with van der Waals surface area (Å²) in [5.41, 5.74) is 0.993. The smallest absolute Gasteiger partial charge is 0.256 e. The Kier molecular flexibility index (Phi) is 5.91. The second kappa shape index (κ2) is 7.73. The van der Waals surface area contributed by atoms with Gasteiger partial charge in [-0.15, -0.1) is 0 Å². The molecule has 130 valence electrons. The van der Waals surface area contributed by atoms with Crippen molar-refractivity contribution in [2.45, 2.75) is 39.7 Å². The number of benzene rings is 1. The van der Waals surface area contributed by atoms with Crippen LogP contribution < -0.4 is 0 Å². The molecule has 0 saturated heterocycles. The summed E-state index contributed by atoms with van der Waals surface area (Å²) in [4.78, 5) is 35.7. The second-order valence-corrected chi connectivity index (χ2v) is 6.76. The topological polar surface area (TPSA) is 55.8 Å².